The summed E-state index contributed by atoms with van der Waals surface area (Å²) in [5.74, 6) is 0. The Hall–Kier alpha value is -2.20. The van der Waals surface area contributed by atoms with Crippen LogP contribution in [0.2, 0.25) is 0 Å². The number of nitrogens with one attached hydrogen (secondary N) is 1. The maximum atomic E-state index is 14.0. The van der Waals surface area contributed by atoms with Gasteiger partial charge in [-0.3, -0.25) is 14.3 Å². The van der Waals surface area contributed by atoms with E-state index in [1.54, 1.807) is 0 Å². The van der Waals surface area contributed by atoms with E-state index in [9.17, 15) is 19.1 Å². The minimum Gasteiger partial charge on any atom is -0.393 e. The lowest BCUT2D eigenvalue weighted by Crippen LogP contribution is -2.41. The molecule has 2 heterocycles. The summed E-state index contributed by atoms with van der Waals surface area (Å²) in [6, 6.07) is 0.969. The minimum atomic E-state index is -2.32. The molecule has 10 nitrogen and oxygen atoms in total. The molecule has 4 atom stereocenters. The van der Waals surface area contributed by atoms with Crippen molar-refractivity contribution in [2.75, 3.05) is 6.61 Å². The molecule has 0 saturated carbocycles. The number of aliphatic hydroxyl groups is 2. The van der Waals surface area contributed by atoms with E-state index in [0.717, 1.165) is 16.8 Å². The molecular weight excluding hydrogens is 277 g/mol. The number of rotatable bonds is 3. The van der Waals surface area contributed by atoms with Crippen molar-refractivity contribution in [1.29, 1.82) is 0 Å². The summed E-state index contributed by atoms with van der Waals surface area (Å²) in [6.45, 7) is -1.02. The fourth-order valence-electron chi connectivity index (χ4n) is 1.91. The van der Waals surface area contributed by atoms with Crippen LogP contribution in [0.3, 0.4) is 0 Å². The molecule has 1 unspecified atom stereocenters. The Bertz CT molecular complexity index is 667. The Kier molecular flexibility index (Phi) is 3.59. The fraction of sp³-hybridized carbons (Fsp3) is 0.556. The number of ether oxygens (including phenoxy) is 1. The second-order valence-corrected chi connectivity index (χ2v) is 4.11. The molecule has 108 valence electrons. The third-order valence-corrected chi connectivity index (χ3v) is 2.91. The normalized spacial score (nSPS) is 32.9. The molecule has 0 bridgehead atoms. The van der Waals surface area contributed by atoms with Gasteiger partial charge in [-0.25, -0.2) is 9.18 Å². The van der Waals surface area contributed by atoms with Gasteiger partial charge in [0.1, 0.15) is 6.10 Å². The lowest BCUT2D eigenvalue weighted by atomic mass is 10.1. The molecule has 1 fully saturated rings. The molecule has 0 aromatic carbocycles. The second kappa shape index (κ2) is 5.06. The average molecular weight is 287 g/mol. The van der Waals surface area contributed by atoms with Gasteiger partial charge in [-0.05, 0) is 5.53 Å². The van der Waals surface area contributed by atoms with Crippen molar-refractivity contribution >= 4 is 0 Å². The van der Waals surface area contributed by atoms with Gasteiger partial charge in [-0.1, -0.05) is 5.11 Å². The summed E-state index contributed by atoms with van der Waals surface area (Å²) >= 11 is 0. The Morgan fingerprint density at radius 2 is 2.35 bits per heavy atom. The van der Waals surface area contributed by atoms with Crippen molar-refractivity contribution in [3.8, 4) is 0 Å². The number of nitrogens with zero attached hydrogens (tertiary/aromatic N) is 4. The minimum absolute atomic E-state index is 0.681. The van der Waals surface area contributed by atoms with Crippen LogP contribution in [-0.4, -0.2) is 44.4 Å². The highest BCUT2D eigenvalue weighted by Gasteiger charge is 2.56. The van der Waals surface area contributed by atoms with Crippen molar-refractivity contribution < 1.29 is 19.3 Å². The van der Waals surface area contributed by atoms with Gasteiger partial charge in [0, 0.05) is 17.2 Å². The molecule has 2 rings (SSSR count). The zero-order chi connectivity index (χ0) is 14.9. The first kappa shape index (κ1) is 14.2. The summed E-state index contributed by atoms with van der Waals surface area (Å²) in [6.07, 6.45) is -4.67. The predicted molar refractivity (Wildman–Crippen MR) is 61.3 cm³/mol. The topological polar surface area (TPSA) is 153 Å². The first-order valence-corrected chi connectivity index (χ1v) is 5.44. The van der Waals surface area contributed by atoms with Gasteiger partial charge >= 0.3 is 5.69 Å². The molecular formula is C9H10FN5O5. The molecule has 1 aliphatic rings. The van der Waals surface area contributed by atoms with Gasteiger partial charge in [0.05, 0.1) is 6.61 Å². The van der Waals surface area contributed by atoms with Crippen molar-refractivity contribution in [1.82, 2.24) is 9.55 Å². The number of aliphatic hydroxyl groups excluding tert-OH is 2. The molecule has 3 N–H and O–H groups in total. The van der Waals surface area contributed by atoms with Gasteiger partial charge in [0.2, 0.25) is 5.72 Å². The third kappa shape index (κ3) is 2.08. The predicted octanol–water partition coefficient (Wildman–Crippen LogP) is -1.24. The summed E-state index contributed by atoms with van der Waals surface area (Å²) in [4.78, 5) is 26.8. The molecule has 0 spiro atoms. The molecule has 0 radical (unpaired) electrons. The monoisotopic (exact) mass is 287 g/mol. The number of hydrogen-bond acceptors (Lipinski definition) is 6. The van der Waals surface area contributed by atoms with E-state index in [2.05, 4.69) is 10.0 Å². The summed E-state index contributed by atoms with van der Waals surface area (Å²) in [5, 5.41) is 21.9. The Morgan fingerprint density at radius 3 is 2.90 bits per heavy atom. The summed E-state index contributed by atoms with van der Waals surface area (Å²) in [7, 11) is 0. The van der Waals surface area contributed by atoms with Crippen LogP contribution in [0.15, 0.2) is 27.0 Å². The number of hydrogen-bond donors (Lipinski definition) is 3. The molecule has 0 amide bonds. The van der Waals surface area contributed by atoms with Crippen LogP contribution in [0.1, 0.15) is 6.23 Å². The molecule has 1 aromatic rings. The van der Waals surface area contributed by atoms with E-state index >= 15 is 0 Å². The van der Waals surface area contributed by atoms with Crippen LogP contribution in [0.4, 0.5) is 4.39 Å². The lowest BCUT2D eigenvalue weighted by molar-refractivity contribution is -0.116. The highest BCUT2D eigenvalue weighted by Crippen LogP contribution is 2.39. The number of aromatic amines is 1. The third-order valence-electron chi connectivity index (χ3n) is 2.91. The number of azide groups is 1. The molecule has 11 heteroatoms. The number of H-pyrrole nitrogens is 1. The van der Waals surface area contributed by atoms with Crippen LogP contribution >= 0.6 is 0 Å². The van der Waals surface area contributed by atoms with E-state index in [-0.39, 0.29) is 0 Å². The highest BCUT2D eigenvalue weighted by atomic mass is 19.1. The van der Waals surface area contributed by atoms with Crippen molar-refractivity contribution in [2.45, 2.75) is 24.2 Å². The summed E-state index contributed by atoms with van der Waals surface area (Å²) < 4.78 is 19.7. The van der Waals surface area contributed by atoms with Gasteiger partial charge in [-0.15, -0.1) is 0 Å². The van der Waals surface area contributed by atoms with Gasteiger partial charge in [0.15, 0.2) is 12.4 Å². The molecule has 1 saturated heterocycles. The van der Waals surface area contributed by atoms with Gasteiger partial charge < -0.3 is 14.9 Å². The van der Waals surface area contributed by atoms with Crippen molar-refractivity contribution in [3.63, 3.8) is 0 Å². The second-order valence-electron chi connectivity index (χ2n) is 4.11. The Labute approximate surface area is 109 Å². The molecule has 20 heavy (non-hydrogen) atoms. The van der Waals surface area contributed by atoms with Crippen molar-refractivity contribution in [2.24, 2.45) is 5.11 Å². The molecule has 0 aliphatic carbocycles. The van der Waals surface area contributed by atoms with Crippen LogP contribution in [-0.2, 0) is 4.74 Å². The van der Waals surface area contributed by atoms with E-state index < -0.39 is 42.1 Å². The smallest absolute Gasteiger partial charge is 0.330 e. The SMILES string of the molecule is [N-]=[N+]=N[C@]1(CO)O[C@@H](n2ccc(=O)[nH]c2=O)[C@@H](O)C1F. The largest absolute Gasteiger partial charge is 0.393 e. The van der Waals surface area contributed by atoms with Crippen LogP contribution < -0.4 is 11.2 Å². The van der Waals surface area contributed by atoms with E-state index in [1.807, 2.05) is 4.98 Å². The van der Waals surface area contributed by atoms with Gasteiger partial charge in [0.25, 0.3) is 5.56 Å². The average Bonchev–Trinajstić information content (AvgIpc) is 2.65. The first-order valence-electron chi connectivity index (χ1n) is 5.44. The standard InChI is InChI=1S/C9H10FN5O5/c10-6-5(18)7(20-9(6,3-16)13-14-11)15-2-1-4(17)12-8(15)19/h1-2,5-7,16,18H,3H2,(H,12,17,19)/t5-,6?,7+,9+/m0/s1. The molecule has 1 aromatic heterocycles. The van der Waals surface area contributed by atoms with Gasteiger partial charge in [-0.2, -0.15) is 0 Å². The number of aromatic nitrogens is 2. The Morgan fingerprint density at radius 1 is 1.65 bits per heavy atom. The Balaban J connectivity index is 2.47. The number of halogens is 1. The maximum Gasteiger partial charge on any atom is 0.330 e. The maximum absolute atomic E-state index is 14.0. The quantitative estimate of drug-likeness (QED) is 0.360. The van der Waals surface area contributed by atoms with Crippen LogP contribution in [0, 0.1) is 0 Å². The molecule has 1 aliphatic heterocycles. The summed E-state index contributed by atoms with van der Waals surface area (Å²) in [5.41, 5.74) is 4.43. The zero-order valence-electron chi connectivity index (χ0n) is 9.88. The van der Waals surface area contributed by atoms with Crippen LogP contribution in [0.5, 0.6) is 0 Å². The first-order chi connectivity index (χ1) is 9.45. The van der Waals surface area contributed by atoms with E-state index in [1.165, 1.54) is 0 Å². The van der Waals surface area contributed by atoms with Crippen LogP contribution in [0.25, 0.3) is 10.4 Å². The zero-order valence-corrected chi connectivity index (χ0v) is 9.88. The van der Waals surface area contributed by atoms with E-state index in [4.69, 9.17) is 15.4 Å². The lowest BCUT2D eigenvalue weighted by Gasteiger charge is -2.22. The fourth-order valence-corrected chi connectivity index (χ4v) is 1.91. The number of alkyl halides is 1. The highest BCUT2D eigenvalue weighted by molar-refractivity contribution is 5.01. The van der Waals surface area contributed by atoms with E-state index in [0.29, 0.717) is 0 Å². The van der Waals surface area contributed by atoms with Crippen molar-refractivity contribution in [3.05, 3.63) is 43.5 Å².